The Morgan fingerprint density at radius 2 is 2.04 bits per heavy atom. The van der Waals surface area contributed by atoms with Crippen molar-refractivity contribution in [3.05, 3.63) is 53.0 Å². The third-order valence-corrected chi connectivity index (χ3v) is 4.13. The molecule has 0 radical (unpaired) electrons. The standard InChI is InChI=1S/C18H16BrNO3/c1-11(2)18(22)23-16-10-12(19)9-14-13-5-3-4-6-15(13)20(7-8-21)17(14)16/h3-6,9-10,21H,1,7-8H2,2H3. The first-order valence-electron chi connectivity index (χ1n) is 7.22. The number of esters is 1. The lowest BCUT2D eigenvalue weighted by atomic mass is 10.1. The molecule has 5 heteroatoms. The average molecular weight is 374 g/mol. The Labute approximate surface area is 142 Å². The van der Waals surface area contributed by atoms with E-state index in [2.05, 4.69) is 22.5 Å². The molecule has 1 N–H and O–H groups in total. The van der Waals surface area contributed by atoms with Gasteiger partial charge in [-0.3, -0.25) is 0 Å². The first kappa shape index (κ1) is 15.8. The van der Waals surface area contributed by atoms with Crippen LogP contribution in [0.2, 0.25) is 0 Å². The molecule has 118 valence electrons. The Hall–Kier alpha value is -2.11. The second-order valence-electron chi connectivity index (χ2n) is 5.36. The number of ether oxygens (including phenoxy) is 1. The van der Waals surface area contributed by atoms with E-state index in [0.717, 1.165) is 26.3 Å². The number of aliphatic hydroxyl groups excluding tert-OH is 1. The van der Waals surface area contributed by atoms with E-state index in [0.29, 0.717) is 17.9 Å². The van der Waals surface area contributed by atoms with Crippen molar-refractivity contribution in [2.45, 2.75) is 13.5 Å². The second-order valence-corrected chi connectivity index (χ2v) is 6.28. The highest BCUT2D eigenvalue weighted by Crippen LogP contribution is 2.37. The van der Waals surface area contributed by atoms with Gasteiger partial charge in [-0.05, 0) is 25.1 Å². The number of aliphatic hydroxyl groups is 1. The highest BCUT2D eigenvalue weighted by molar-refractivity contribution is 9.10. The van der Waals surface area contributed by atoms with Crippen molar-refractivity contribution in [2.24, 2.45) is 0 Å². The number of nitrogens with zero attached hydrogens (tertiary/aromatic N) is 1. The summed E-state index contributed by atoms with van der Waals surface area (Å²) in [5, 5.41) is 11.4. The number of carbonyl (C=O) groups is 1. The van der Waals surface area contributed by atoms with Gasteiger partial charge in [0.05, 0.1) is 12.1 Å². The molecule has 0 aliphatic rings. The predicted molar refractivity (Wildman–Crippen MR) is 94.7 cm³/mol. The van der Waals surface area contributed by atoms with Crippen molar-refractivity contribution in [3.8, 4) is 5.75 Å². The average Bonchev–Trinajstić information content (AvgIpc) is 2.82. The quantitative estimate of drug-likeness (QED) is 0.426. The molecule has 23 heavy (non-hydrogen) atoms. The fourth-order valence-electron chi connectivity index (χ4n) is 2.71. The summed E-state index contributed by atoms with van der Waals surface area (Å²) in [6.45, 7) is 5.65. The third-order valence-electron chi connectivity index (χ3n) is 3.67. The zero-order valence-corrected chi connectivity index (χ0v) is 14.3. The summed E-state index contributed by atoms with van der Waals surface area (Å²) in [5.74, 6) is -0.0165. The van der Waals surface area contributed by atoms with Crippen molar-refractivity contribution in [3.63, 3.8) is 0 Å². The summed E-state index contributed by atoms with van der Waals surface area (Å²) in [6.07, 6.45) is 0. The fraction of sp³-hybridized carbons (Fsp3) is 0.167. The Morgan fingerprint density at radius 1 is 1.30 bits per heavy atom. The molecular weight excluding hydrogens is 358 g/mol. The van der Waals surface area contributed by atoms with Crippen LogP contribution in [-0.4, -0.2) is 22.2 Å². The molecule has 1 aromatic heterocycles. The summed E-state index contributed by atoms with van der Waals surface area (Å²) >= 11 is 3.47. The van der Waals surface area contributed by atoms with E-state index in [1.54, 1.807) is 13.0 Å². The number of hydrogen-bond donors (Lipinski definition) is 1. The molecule has 0 aliphatic heterocycles. The first-order valence-corrected chi connectivity index (χ1v) is 8.01. The Bertz CT molecular complexity index is 927. The SMILES string of the molecule is C=C(C)C(=O)Oc1cc(Br)cc2c3ccccc3n(CCO)c12. The molecule has 0 saturated carbocycles. The zero-order chi connectivity index (χ0) is 16.6. The van der Waals surface area contributed by atoms with E-state index >= 15 is 0 Å². The minimum absolute atomic E-state index is 0.00227. The molecule has 2 aromatic carbocycles. The van der Waals surface area contributed by atoms with Crippen LogP contribution in [0.3, 0.4) is 0 Å². The lowest BCUT2D eigenvalue weighted by Crippen LogP contribution is -2.10. The van der Waals surface area contributed by atoms with E-state index in [4.69, 9.17) is 4.74 Å². The Balaban J connectivity index is 2.35. The largest absolute Gasteiger partial charge is 0.421 e. The molecule has 4 nitrogen and oxygen atoms in total. The van der Waals surface area contributed by atoms with Crippen molar-refractivity contribution < 1.29 is 14.6 Å². The molecule has 0 atom stereocenters. The number of halogens is 1. The lowest BCUT2D eigenvalue weighted by molar-refractivity contribution is -0.130. The first-order chi connectivity index (χ1) is 11.0. The Kier molecular flexibility index (Phi) is 4.24. The van der Waals surface area contributed by atoms with E-state index in [-0.39, 0.29) is 6.61 Å². The van der Waals surface area contributed by atoms with Gasteiger partial charge in [0.15, 0.2) is 5.75 Å². The summed E-state index contributed by atoms with van der Waals surface area (Å²) in [4.78, 5) is 12.0. The van der Waals surface area contributed by atoms with Crippen LogP contribution in [0.1, 0.15) is 6.92 Å². The smallest absolute Gasteiger partial charge is 0.338 e. The maximum absolute atomic E-state index is 12.0. The molecule has 0 spiro atoms. The highest BCUT2D eigenvalue weighted by Gasteiger charge is 2.17. The minimum Gasteiger partial charge on any atom is -0.421 e. The number of aromatic nitrogens is 1. The van der Waals surface area contributed by atoms with E-state index in [9.17, 15) is 9.90 Å². The van der Waals surface area contributed by atoms with Gasteiger partial charge in [-0.1, -0.05) is 40.7 Å². The molecule has 0 unspecified atom stereocenters. The minimum atomic E-state index is -0.467. The maximum Gasteiger partial charge on any atom is 0.338 e. The molecule has 0 aliphatic carbocycles. The van der Waals surface area contributed by atoms with Gasteiger partial charge in [0.1, 0.15) is 0 Å². The van der Waals surface area contributed by atoms with E-state index in [1.165, 1.54) is 0 Å². The molecule has 0 amide bonds. The number of benzene rings is 2. The zero-order valence-electron chi connectivity index (χ0n) is 12.7. The van der Waals surface area contributed by atoms with Crippen LogP contribution >= 0.6 is 15.9 Å². The number of carbonyl (C=O) groups excluding carboxylic acids is 1. The van der Waals surface area contributed by atoms with Crippen LogP contribution in [0, 0.1) is 0 Å². The summed E-state index contributed by atoms with van der Waals surface area (Å²) < 4.78 is 8.31. The predicted octanol–water partition coefficient (Wildman–Crippen LogP) is 4.03. The van der Waals surface area contributed by atoms with Crippen LogP contribution in [0.5, 0.6) is 5.75 Å². The van der Waals surface area contributed by atoms with Crippen LogP contribution in [-0.2, 0) is 11.3 Å². The molecule has 0 bridgehead atoms. The number of rotatable bonds is 4. The summed E-state index contributed by atoms with van der Waals surface area (Å²) in [5.41, 5.74) is 2.11. The molecule has 3 rings (SSSR count). The second kappa shape index (κ2) is 6.18. The lowest BCUT2D eigenvalue weighted by Gasteiger charge is -2.10. The van der Waals surface area contributed by atoms with Crippen molar-refractivity contribution in [1.29, 1.82) is 0 Å². The van der Waals surface area contributed by atoms with Gasteiger partial charge in [0.25, 0.3) is 0 Å². The van der Waals surface area contributed by atoms with Crippen LogP contribution in [0.4, 0.5) is 0 Å². The molecular formula is C18H16BrNO3. The van der Waals surface area contributed by atoms with Gasteiger partial charge < -0.3 is 14.4 Å². The van der Waals surface area contributed by atoms with Gasteiger partial charge in [-0.15, -0.1) is 0 Å². The highest BCUT2D eigenvalue weighted by atomic mass is 79.9. The van der Waals surface area contributed by atoms with Crippen LogP contribution in [0.15, 0.2) is 53.0 Å². The number of fused-ring (bicyclic) bond motifs is 3. The number of para-hydroxylation sites is 1. The van der Waals surface area contributed by atoms with Gasteiger partial charge >= 0.3 is 5.97 Å². The van der Waals surface area contributed by atoms with Gasteiger partial charge in [-0.25, -0.2) is 4.79 Å². The Morgan fingerprint density at radius 3 is 2.74 bits per heavy atom. The molecule has 1 heterocycles. The number of hydrogen-bond acceptors (Lipinski definition) is 3. The van der Waals surface area contributed by atoms with Gasteiger partial charge in [0, 0.05) is 32.9 Å². The van der Waals surface area contributed by atoms with Crippen molar-refractivity contribution in [2.75, 3.05) is 6.61 Å². The van der Waals surface area contributed by atoms with Gasteiger partial charge in [0.2, 0.25) is 0 Å². The summed E-state index contributed by atoms with van der Waals surface area (Å²) in [6, 6.07) is 11.7. The summed E-state index contributed by atoms with van der Waals surface area (Å²) in [7, 11) is 0. The van der Waals surface area contributed by atoms with Crippen molar-refractivity contribution >= 4 is 43.7 Å². The topological polar surface area (TPSA) is 51.5 Å². The van der Waals surface area contributed by atoms with Crippen LogP contribution in [0.25, 0.3) is 21.8 Å². The van der Waals surface area contributed by atoms with E-state index in [1.807, 2.05) is 34.9 Å². The van der Waals surface area contributed by atoms with Gasteiger partial charge in [-0.2, -0.15) is 0 Å². The van der Waals surface area contributed by atoms with Crippen molar-refractivity contribution in [1.82, 2.24) is 4.57 Å². The molecule has 0 fully saturated rings. The molecule has 0 saturated heterocycles. The van der Waals surface area contributed by atoms with E-state index < -0.39 is 5.97 Å². The maximum atomic E-state index is 12.0. The third kappa shape index (κ3) is 2.78. The molecule has 3 aromatic rings. The fourth-order valence-corrected chi connectivity index (χ4v) is 3.15. The normalized spacial score (nSPS) is 11.1. The monoisotopic (exact) mass is 373 g/mol. The van der Waals surface area contributed by atoms with Crippen LogP contribution < -0.4 is 4.74 Å².